The molecule has 0 spiro atoms. The number of hydrogen-bond donors (Lipinski definition) is 3. The van der Waals surface area contributed by atoms with Gasteiger partial charge in [-0.2, -0.15) is 0 Å². The van der Waals surface area contributed by atoms with E-state index in [1.54, 1.807) is 48.4 Å². The first-order valence-corrected chi connectivity index (χ1v) is 10.9. The summed E-state index contributed by atoms with van der Waals surface area (Å²) in [7, 11) is 1.55. The number of anilines is 4. The van der Waals surface area contributed by atoms with Crippen LogP contribution in [0.15, 0.2) is 72.8 Å². The van der Waals surface area contributed by atoms with Gasteiger partial charge in [0.25, 0.3) is 0 Å². The zero-order valence-electron chi connectivity index (χ0n) is 19.0. The maximum Gasteiger partial charge on any atom is 0.323 e. The number of nitrogens with one attached hydrogen (secondary N) is 3. The highest BCUT2D eigenvalue weighted by Crippen LogP contribution is 2.33. The average molecular weight is 459 g/mol. The molecule has 174 valence electrons. The quantitative estimate of drug-likeness (QED) is 0.501. The number of amides is 4. The number of rotatable bonds is 6. The number of methoxy groups -OCH3 is 1. The maximum absolute atomic E-state index is 13.0. The van der Waals surface area contributed by atoms with Crippen LogP contribution in [0.5, 0.6) is 5.75 Å². The van der Waals surface area contributed by atoms with Crippen LogP contribution in [0.1, 0.15) is 12.0 Å². The molecule has 0 radical (unpaired) electrons. The molecule has 8 heteroatoms. The first kappa shape index (κ1) is 22.8. The second kappa shape index (κ2) is 10.1. The normalized spacial score (nSPS) is 15.1. The predicted molar refractivity (Wildman–Crippen MR) is 132 cm³/mol. The molecule has 4 rings (SSSR count). The fourth-order valence-electron chi connectivity index (χ4n) is 3.85. The van der Waals surface area contributed by atoms with Crippen molar-refractivity contribution >= 4 is 40.6 Å². The minimum Gasteiger partial charge on any atom is -0.495 e. The third-order valence-electron chi connectivity index (χ3n) is 5.66. The fourth-order valence-corrected chi connectivity index (χ4v) is 3.85. The van der Waals surface area contributed by atoms with Gasteiger partial charge in [0.15, 0.2) is 0 Å². The lowest BCUT2D eigenvalue weighted by Gasteiger charge is -2.19. The molecule has 1 heterocycles. The van der Waals surface area contributed by atoms with Crippen molar-refractivity contribution < 1.29 is 19.1 Å². The van der Waals surface area contributed by atoms with Crippen molar-refractivity contribution in [1.29, 1.82) is 0 Å². The van der Waals surface area contributed by atoms with E-state index in [2.05, 4.69) is 16.0 Å². The summed E-state index contributed by atoms with van der Waals surface area (Å²) >= 11 is 0. The van der Waals surface area contributed by atoms with Crippen LogP contribution in [0.3, 0.4) is 0 Å². The molecule has 0 aliphatic carbocycles. The van der Waals surface area contributed by atoms with E-state index in [1.165, 1.54) is 0 Å². The first-order chi connectivity index (χ1) is 16.4. The minimum absolute atomic E-state index is 0.111. The van der Waals surface area contributed by atoms with Crippen molar-refractivity contribution in [2.45, 2.75) is 13.3 Å². The number of aryl methyl sites for hydroxylation is 1. The monoisotopic (exact) mass is 458 g/mol. The van der Waals surface area contributed by atoms with Gasteiger partial charge in [0.05, 0.1) is 18.7 Å². The number of urea groups is 1. The van der Waals surface area contributed by atoms with E-state index in [0.29, 0.717) is 28.5 Å². The molecule has 3 aromatic rings. The smallest absolute Gasteiger partial charge is 0.323 e. The Hall–Kier alpha value is -4.33. The molecule has 1 saturated heterocycles. The molecule has 34 heavy (non-hydrogen) atoms. The fraction of sp³-hybridized carbons (Fsp3) is 0.192. The number of ether oxygens (including phenoxy) is 1. The third-order valence-corrected chi connectivity index (χ3v) is 5.66. The molecule has 0 saturated carbocycles. The number of carbonyl (C=O) groups is 3. The summed E-state index contributed by atoms with van der Waals surface area (Å²) in [5, 5.41) is 8.44. The molecular formula is C26H26N4O4. The zero-order valence-corrected chi connectivity index (χ0v) is 19.0. The van der Waals surface area contributed by atoms with E-state index in [1.807, 2.05) is 43.3 Å². The summed E-state index contributed by atoms with van der Waals surface area (Å²) in [6.07, 6.45) is 0.111. The van der Waals surface area contributed by atoms with Gasteiger partial charge in [-0.05, 0) is 48.9 Å². The number of carbonyl (C=O) groups excluding carboxylic acids is 3. The third kappa shape index (κ3) is 5.17. The van der Waals surface area contributed by atoms with Gasteiger partial charge in [-0.25, -0.2) is 4.79 Å². The van der Waals surface area contributed by atoms with Crippen molar-refractivity contribution in [2.75, 3.05) is 34.5 Å². The number of para-hydroxylation sites is 3. The Balaban J connectivity index is 1.42. The van der Waals surface area contributed by atoms with Crippen molar-refractivity contribution in [3.63, 3.8) is 0 Å². The van der Waals surface area contributed by atoms with Crippen molar-refractivity contribution in [3.05, 3.63) is 78.4 Å². The Labute approximate surface area is 197 Å². The summed E-state index contributed by atoms with van der Waals surface area (Å²) in [5.74, 6) is -0.302. The van der Waals surface area contributed by atoms with Gasteiger partial charge in [-0.1, -0.05) is 36.4 Å². The molecule has 3 aromatic carbocycles. The van der Waals surface area contributed by atoms with Gasteiger partial charge in [0.2, 0.25) is 11.8 Å². The number of benzene rings is 3. The lowest BCUT2D eigenvalue weighted by molar-refractivity contribution is -0.122. The van der Waals surface area contributed by atoms with Gasteiger partial charge in [-0.3, -0.25) is 9.59 Å². The Bertz CT molecular complexity index is 1210. The van der Waals surface area contributed by atoms with Crippen LogP contribution in [-0.2, 0) is 9.59 Å². The van der Waals surface area contributed by atoms with Crippen LogP contribution >= 0.6 is 0 Å². The van der Waals surface area contributed by atoms with Gasteiger partial charge in [0, 0.05) is 30.0 Å². The summed E-state index contributed by atoms with van der Waals surface area (Å²) < 4.78 is 5.36. The average Bonchev–Trinajstić information content (AvgIpc) is 3.23. The highest BCUT2D eigenvalue weighted by Gasteiger charge is 2.36. The van der Waals surface area contributed by atoms with Crippen molar-refractivity contribution in [2.24, 2.45) is 5.92 Å². The van der Waals surface area contributed by atoms with E-state index in [9.17, 15) is 14.4 Å². The van der Waals surface area contributed by atoms with Crippen LogP contribution in [-0.4, -0.2) is 31.5 Å². The van der Waals surface area contributed by atoms with Crippen LogP contribution in [0.25, 0.3) is 0 Å². The Morgan fingerprint density at radius 1 is 0.912 bits per heavy atom. The highest BCUT2D eigenvalue weighted by atomic mass is 16.5. The van der Waals surface area contributed by atoms with E-state index in [-0.39, 0.29) is 30.8 Å². The summed E-state index contributed by atoms with van der Waals surface area (Å²) in [6, 6.07) is 21.2. The molecule has 1 fully saturated rings. The minimum atomic E-state index is -0.505. The molecule has 1 unspecified atom stereocenters. The number of hydrogen-bond acceptors (Lipinski definition) is 4. The van der Waals surface area contributed by atoms with Gasteiger partial charge in [0.1, 0.15) is 5.75 Å². The standard InChI is InChI=1S/C26H26N4O4/c1-17-12-13-20(28-26(33)27-19-8-4-3-5-9-19)15-21(17)29-25(32)18-14-24(31)30(16-18)22-10-6-7-11-23(22)34-2/h3-13,15,18H,14,16H2,1-2H3,(H,29,32)(H2,27,28,33). The second-order valence-corrected chi connectivity index (χ2v) is 8.04. The SMILES string of the molecule is COc1ccccc1N1CC(C(=O)Nc2cc(NC(=O)Nc3ccccc3)ccc2C)CC1=O. The molecule has 0 bridgehead atoms. The maximum atomic E-state index is 13.0. The van der Waals surface area contributed by atoms with Crippen molar-refractivity contribution in [3.8, 4) is 5.75 Å². The van der Waals surface area contributed by atoms with E-state index in [0.717, 1.165) is 5.56 Å². The molecule has 1 aliphatic heterocycles. The summed E-state index contributed by atoms with van der Waals surface area (Å²) in [5.41, 5.74) is 3.27. The van der Waals surface area contributed by atoms with E-state index >= 15 is 0 Å². The second-order valence-electron chi connectivity index (χ2n) is 8.04. The largest absolute Gasteiger partial charge is 0.495 e. The lowest BCUT2D eigenvalue weighted by Crippen LogP contribution is -2.28. The molecular weight excluding hydrogens is 432 g/mol. The van der Waals surface area contributed by atoms with Crippen LogP contribution in [0.2, 0.25) is 0 Å². The number of nitrogens with zero attached hydrogens (tertiary/aromatic N) is 1. The molecule has 4 amide bonds. The van der Waals surface area contributed by atoms with Crippen molar-refractivity contribution in [1.82, 2.24) is 0 Å². The van der Waals surface area contributed by atoms with Gasteiger partial charge < -0.3 is 25.6 Å². The first-order valence-electron chi connectivity index (χ1n) is 10.9. The molecule has 3 N–H and O–H groups in total. The molecule has 1 aliphatic rings. The van der Waals surface area contributed by atoms with Gasteiger partial charge >= 0.3 is 6.03 Å². The molecule has 1 atom stereocenters. The van der Waals surface area contributed by atoms with Crippen LogP contribution < -0.4 is 25.6 Å². The van der Waals surface area contributed by atoms with Gasteiger partial charge in [-0.15, -0.1) is 0 Å². The Morgan fingerprint density at radius 2 is 1.62 bits per heavy atom. The Kier molecular flexibility index (Phi) is 6.77. The van der Waals surface area contributed by atoms with E-state index < -0.39 is 5.92 Å². The Morgan fingerprint density at radius 3 is 2.38 bits per heavy atom. The summed E-state index contributed by atoms with van der Waals surface area (Å²) in [4.78, 5) is 39.5. The van der Waals surface area contributed by atoms with Crippen LogP contribution in [0.4, 0.5) is 27.5 Å². The zero-order chi connectivity index (χ0) is 24.1. The predicted octanol–water partition coefficient (Wildman–Crippen LogP) is 4.64. The summed E-state index contributed by atoms with van der Waals surface area (Å²) in [6.45, 7) is 2.13. The molecule has 8 nitrogen and oxygen atoms in total. The topological polar surface area (TPSA) is 99.8 Å². The van der Waals surface area contributed by atoms with E-state index in [4.69, 9.17) is 4.74 Å². The molecule has 0 aromatic heterocycles. The highest BCUT2D eigenvalue weighted by molar-refractivity contribution is 6.05. The van der Waals surface area contributed by atoms with Crippen LogP contribution in [0, 0.1) is 12.8 Å². The lowest BCUT2D eigenvalue weighted by atomic mass is 10.1.